The molecule has 0 rings (SSSR count). The van der Waals surface area contributed by atoms with Gasteiger partial charge >= 0.3 is 0 Å². The van der Waals surface area contributed by atoms with E-state index in [-0.39, 0.29) is 27.7 Å². The molecule has 0 N–H and O–H groups in total. The van der Waals surface area contributed by atoms with Gasteiger partial charge < -0.3 is 4.74 Å². The van der Waals surface area contributed by atoms with Crippen molar-refractivity contribution in [2.24, 2.45) is 0 Å². The third-order valence-corrected chi connectivity index (χ3v) is 0.408. The first kappa shape index (κ1) is 16.7. The van der Waals surface area contributed by atoms with E-state index in [1.165, 1.54) is 0 Å². The monoisotopic (exact) mass is 355 g/mol. The molecule has 0 atom stereocenters. The second-order valence-electron chi connectivity index (χ2n) is 0.882. The first-order valence-corrected chi connectivity index (χ1v) is 3.60. The van der Waals surface area contributed by atoms with E-state index >= 15 is 0 Å². The van der Waals surface area contributed by atoms with Gasteiger partial charge in [-0.15, -0.1) is 23.2 Å². The molecule has 0 aliphatic carbocycles. The normalized spacial score (nSPS) is 6.67. The molecule has 0 aromatic carbocycles. The maximum Gasteiger partial charge on any atom is 0.0967 e. The topological polar surface area (TPSA) is 9.23 Å². The van der Waals surface area contributed by atoms with Crippen LogP contribution in [0, 0.1) is 0 Å². The molecule has 63 valence electrons. The summed E-state index contributed by atoms with van der Waals surface area (Å²) in [6.07, 6.45) is 0. The van der Waals surface area contributed by atoms with Crippen LogP contribution in [-0.2, 0) is 27.1 Å². The maximum atomic E-state index is 4.83. The summed E-state index contributed by atoms with van der Waals surface area (Å²) in [7, 11) is 0. The van der Waals surface area contributed by atoms with E-state index in [0.29, 0.717) is 0 Å². The van der Waals surface area contributed by atoms with Crippen molar-refractivity contribution in [1.29, 1.82) is 0 Å². The molecule has 0 amide bonds. The molecule has 0 saturated carbocycles. The van der Waals surface area contributed by atoms with Crippen LogP contribution in [0.1, 0.15) is 13.8 Å². The van der Waals surface area contributed by atoms with Crippen molar-refractivity contribution >= 4 is 23.2 Å². The van der Waals surface area contributed by atoms with Gasteiger partial charge in [0.2, 0.25) is 0 Å². The fraction of sp³-hybridized carbons (Fsp3) is 1.00. The van der Waals surface area contributed by atoms with Crippen LogP contribution in [0.15, 0.2) is 0 Å². The van der Waals surface area contributed by atoms with E-state index in [9.17, 15) is 0 Å². The predicted molar refractivity (Wildman–Crippen MR) is 38.7 cm³/mol. The van der Waals surface area contributed by atoms with E-state index in [0.717, 1.165) is 13.2 Å². The van der Waals surface area contributed by atoms with Crippen molar-refractivity contribution in [3.63, 3.8) is 0 Å². The number of ether oxygens (including phenoxy) is 1. The van der Waals surface area contributed by atoms with Gasteiger partial charge in [0.1, 0.15) is 0 Å². The van der Waals surface area contributed by atoms with Gasteiger partial charge in [0, 0.05) is 35.6 Å². The van der Waals surface area contributed by atoms with Crippen LogP contribution >= 0.6 is 23.2 Å². The molecule has 4 heteroatoms. The molecule has 0 unspecified atom stereocenters. The fourth-order valence-electron chi connectivity index (χ4n) is 0.204. The summed E-state index contributed by atoms with van der Waals surface area (Å²) in [6.45, 7) is 5.67. The van der Waals surface area contributed by atoms with Crippen molar-refractivity contribution in [2.45, 2.75) is 13.8 Å². The summed E-state index contributed by atoms with van der Waals surface area (Å²) < 4.78 is 4.83. The molecule has 0 aliphatic heterocycles. The molecule has 0 aliphatic rings. The summed E-state index contributed by atoms with van der Waals surface area (Å²) in [5.41, 5.74) is 0. The molecular weight excluding hydrogens is 344 g/mol. The van der Waals surface area contributed by atoms with Crippen LogP contribution in [0.2, 0.25) is 0 Å². The quantitative estimate of drug-likeness (QED) is 0.546. The van der Waals surface area contributed by atoms with Gasteiger partial charge in [-0.2, -0.15) is 0 Å². The van der Waals surface area contributed by atoms with Gasteiger partial charge in [0.15, 0.2) is 0 Å². The van der Waals surface area contributed by atoms with Crippen LogP contribution in [0.25, 0.3) is 0 Å². The Hall–Kier alpha value is 1.28. The van der Waals surface area contributed by atoms with Gasteiger partial charge in [0.25, 0.3) is 0 Å². The molecule has 9 heavy (non-hydrogen) atoms. The molecule has 0 spiro atoms. The third kappa shape index (κ3) is 45.7. The Kier molecular flexibility index (Phi) is 42.4. The van der Waals surface area contributed by atoms with Crippen LogP contribution in [0.3, 0.4) is 0 Å². The number of alkyl halides is 2. The molecule has 0 aromatic rings. The predicted octanol–water partition coefficient (Wildman–Crippen LogP) is 2.46. The maximum absolute atomic E-state index is 4.83. The van der Waals surface area contributed by atoms with E-state index in [2.05, 4.69) is 0 Å². The summed E-state index contributed by atoms with van der Waals surface area (Å²) in [5.74, 6) is 0. The van der Waals surface area contributed by atoms with Crippen LogP contribution in [0.5, 0.6) is 0 Å². The van der Waals surface area contributed by atoms with E-state index in [1.807, 2.05) is 13.8 Å². The van der Waals surface area contributed by atoms with Crippen molar-refractivity contribution in [1.82, 2.24) is 0 Å². The smallest absolute Gasteiger partial charge is 0.0967 e. The zero-order valence-corrected chi connectivity index (χ0v) is 9.27. The number of hydrogen-bond acceptors (Lipinski definition) is 1. The van der Waals surface area contributed by atoms with E-state index in [4.69, 9.17) is 27.9 Å². The minimum atomic E-state index is 0. The standard InChI is InChI=1S/C4H10O.CH2Cl2.Au/c1-3-5-4-2;2-1-3;/h3-4H2,1-2H3;1H2;. The second-order valence-corrected chi connectivity index (χ2v) is 1.69. The summed E-state index contributed by atoms with van der Waals surface area (Å²) in [4.78, 5) is 0. The van der Waals surface area contributed by atoms with Gasteiger partial charge in [-0.25, -0.2) is 0 Å². The van der Waals surface area contributed by atoms with E-state index in [1.54, 1.807) is 0 Å². The SMILES string of the molecule is CCOCC.ClCCl.[Au]. The molecule has 0 bridgehead atoms. The number of rotatable bonds is 2. The molecule has 1 radical (unpaired) electrons. The Morgan fingerprint density at radius 3 is 1.33 bits per heavy atom. The van der Waals surface area contributed by atoms with Gasteiger partial charge in [-0.05, 0) is 13.8 Å². The molecule has 0 aromatic heterocycles. The third-order valence-electron chi connectivity index (χ3n) is 0.408. The Morgan fingerprint density at radius 1 is 1.11 bits per heavy atom. The van der Waals surface area contributed by atoms with E-state index < -0.39 is 0 Å². The van der Waals surface area contributed by atoms with Gasteiger partial charge in [-0.1, -0.05) is 0 Å². The van der Waals surface area contributed by atoms with Crippen molar-refractivity contribution in [3.05, 3.63) is 0 Å². The molecular formula is C5H12AuCl2O. The Bertz CT molecular complexity index is 28.9. The molecule has 0 heterocycles. The van der Waals surface area contributed by atoms with Gasteiger partial charge in [-0.3, -0.25) is 0 Å². The Morgan fingerprint density at radius 2 is 1.33 bits per heavy atom. The van der Waals surface area contributed by atoms with Crippen LogP contribution in [0.4, 0.5) is 0 Å². The molecule has 0 saturated heterocycles. The average Bonchev–Trinajstić information content (AvgIpc) is 1.71. The first-order valence-electron chi connectivity index (χ1n) is 2.53. The minimum Gasteiger partial charge on any atom is -0.382 e. The van der Waals surface area contributed by atoms with Gasteiger partial charge in [0.05, 0.1) is 5.34 Å². The van der Waals surface area contributed by atoms with Crippen molar-refractivity contribution in [2.75, 3.05) is 18.6 Å². The first-order chi connectivity index (χ1) is 3.83. The number of halogens is 2. The summed E-state index contributed by atoms with van der Waals surface area (Å²) in [6, 6.07) is 0. The van der Waals surface area contributed by atoms with Crippen molar-refractivity contribution in [3.8, 4) is 0 Å². The Labute approximate surface area is 82.6 Å². The number of hydrogen-bond donors (Lipinski definition) is 0. The summed E-state index contributed by atoms with van der Waals surface area (Å²) in [5, 5.41) is 0.194. The van der Waals surface area contributed by atoms with Crippen molar-refractivity contribution < 1.29 is 27.1 Å². The minimum absolute atomic E-state index is 0. The molecule has 1 nitrogen and oxygen atoms in total. The zero-order chi connectivity index (χ0) is 6.83. The van der Waals surface area contributed by atoms with Crippen LogP contribution in [-0.4, -0.2) is 18.6 Å². The van der Waals surface area contributed by atoms with Crippen LogP contribution < -0.4 is 0 Å². The average molecular weight is 356 g/mol. The molecule has 0 fully saturated rings. The largest absolute Gasteiger partial charge is 0.382 e. The zero-order valence-electron chi connectivity index (χ0n) is 5.59. The Balaban J connectivity index is -0.0000000800. The summed E-state index contributed by atoms with van der Waals surface area (Å²) >= 11 is 9.53. The second kappa shape index (κ2) is 22.8. The fourth-order valence-corrected chi connectivity index (χ4v) is 0.204.